The molecule has 0 saturated heterocycles. The third kappa shape index (κ3) is 2.13. The van der Waals surface area contributed by atoms with Gasteiger partial charge < -0.3 is 15.0 Å². The number of nitrogens with one attached hydrogen (secondary N) is 1. The number of hydrogen-bond acceptors (Lipinski definition) is 2. The molecule has 1 aromatic heterocycles. The van der Waals surface area contributed by atoms with Crippen molar-refractivity contribution in [3.8, 4) is 0 Å². The fourth-order valence-electron chi connectivity index (χ4n) is 1.65. The summed E-state index contributed by atoms with van der Waals surface area (Å²) in [6.07, 6.45) is 1.46. The highest BCUT2D eigenvalue weighted by Gasteiger charge is 2.01. The molecule has 0 aliphatic rings. The molecule has 1 amide bonds. The van der Waals surface area contributed by atoms with E-state index in [-0.39, 0.29) is 0 Å². The Morgan fingerprint density at radius 2 is 2.38 bits per heavy atom. The van der Waals surface area contributed by atoms with Gasteiger partial charge in [0.2, 0.25) is 0 Å². The number of aryl methyl sites for hydroxylation is 1. The number of imidazole rings is 1. The van der Waals surface area contributed by atoms with Crippen LogP contribution in [0.15, 0.2) is 24.5 Å². The lowest BCUT2D eigenvalue weighted by Crippen LogP contribution is -2.23. The zero-order valence-corrected chi connectivity index (χ0v) is 8.97. The van der Waals surface area contributed by atoms with E-state index in [9.17, 15) is 4.79 Å². The maximum Gasteiger partial charge on any atom is 0.404 e. The normalized spacial score (nSPS) is 10.6. The molecule has 0 unspecified atom stereocenters. The first-order valence-electron chi connectivity index (χ1n) is 5.03. The Labute approximate surface area is 92.7 Å². The topological polar surface area (TPSA) is 67.2 Å². The summed E-state index contributed by atoms with van der Waals surface area (Å²) in [4.78, 5) is 14.5. The predicted molar refractivity (Wildman–Crippen MR) is 60.4 cm³/mol. The summed E-state index contributed by atoms with van der Waals surface area (Å²) in [6, 6.07) is 5.98. The lowest BCUT2D eigenvalue weighted by Gasteiger charge is -2.02. The number of aromatic nitrogens is 2. The highest BCUT2D eigenvalue weighted by molar-refractivity contribution is 5.76. The third-order valence-electron chi connectivity index (χ3n) is 2.48. The molecular weight excluding hydrogens is 206 g/mol. The van der Waals surface area contributed by atoms with Crippen molar-refractivity contribution in [1.82, 2.24) is 14.9 Å². The fourth-order valence-corrected chi connectivity index (χ4v) is 1.65. The molecule has 0 bridgehead atoms. The van der Waals surface area contributed by atoms with Gasteiger partial charge in [0.25, 0.3) is 0 Å². The zero-order chi connectivity index (χ0) is 11.5. The summed E-state index contributed by atoms with van der Waals surface area (Å²) in [6.45, 7) is 0.424. The Balaban J connectivity index is 2.11. The van der Waals surface area contributed by atoms with Gasteiger partial charge in [-0.3, -0.25) is 0 Å². The van der Waals surface area contributed by atoms with Crippen molar-refractivity contribution >= 4 is 17.1 Å². The third-order valence-corrected chi connectivity index (χ3v) is 2.48. The fraction of sp³-hybridized carbons (Fsp3) is 0.273. The molecule has 16 heavy (non-hydrogen) atoms. The minimum atomic E-state index is -0.987. The summed E-state index contributed by atoms with van der Waals surface area (Å²) in [5.41, 5.74) is 3.10. The number of benzene rings is 1. The van der Waals surface area contributed by atoms with E-state index in [4.69, 9.17) is 5.11 Å². The SMILES string of the molecule is Cn1cnc2cc(CCNC(=O)O)ccc21. The molecule has 0 atom stereocenters. The standard InChI is InChI=1S/C11H13N3O2/c1-14-7-13-9-6-8(2-3-10(9)14)4-5-12-11(15)16/h2-3,6-7,12H,4-5H2,1H3,(H,15,16). The van der Waals surface area contributed by atoms with Crippen molar-refractivity contribution in [2.75, 3.05) is 6.54 Å². The molecule has 5 nitrogen and oxygen atoms in total. The van der Waals surface area contributed by atoms with E-state index in [1.807, 2.05) is 29.8 Å². The van der Waals surface area contributed by atoms with Crippen LogP contribution >= 0.6 is 0 Å². The Kier molecular flexibility index (Phi) is 2.76. The summed E-state index contributed by atoms with van der Waals surface area (Å²) in [5.74, 6) is 0. The minimum absolute atomic E-state index is 0.424. The van der Waals surface area contributed by atoms with Crippen LogP contribution in [0, 0.1) is 0 Å². The van der Waals surface area contributed by atoms with Crippen LogP contribution in [0.5, 0.6) is 0 Å². The Morgan fingerprint density at radius 3 is 3.12 bits per heavy atom. The molecule has 2 aromatic rings. The molecule has 2 N–H and O–H groups in total. The second-order valence-electron chi connectivity index (χ2n) is 3.66. The van der Waals surface area contributed by atoms with Gasteiger partial charge in [-0.1, -0.05) is 6.07 Å². The van der Waals surface area contributed by atoms with Gasteiger partial charge in [0, 0.05) is 13.6 Å². The molecule has 5 heteroatoms. The lowest BCUT2D eigenvalue weighted by molar-refractivity contribution is 0.194. The minimum Gasteiger partial charge on any atom is -0.465 e. The number of carbonyl (C=O) groups is 1. The highest BCUT2D eigenvalue weighted by Crippen LogP contribution is 2.13. The van der Waals surface area contributed by atoms with E-state index in [1.54, 1.807) is 6.33 Å². The van der Waals surface area contributed by atoms with Crippen LogP contribution in [-0.2, 0) is 13.5 Å². The molecular formula is C11H13N3O2. The Morgan fingerprint density at radius 1 is 1.56 bits per heavy atom. The van der Waals surface area contributed by atoms with Gasteiger partial charge in [0.05, 0.1) is 17.4 Å². The maximum absolute atomic E-state index is 10.3. The van der Waals surface area contributed by atoms with Crippen LogP contribution in [-0.4, -0.2) is 27.3 Å². The van der Waals surface area contributed by atoms with Crippen LogP contribution in [0.2, 0.25) is 0 Å². The molecule has 0 aliphatic carbocycles. The molecule has 0 fully saturated rings. The lowest BCUT2D eigenvalue weighted by atomic mass is 10.1. The average molecular weight is 219 g/mol. The number of fused-ring (bicyclic) bond motifs is 1. The van der Waals surface area contributed by atoms with Crippen LogP contribution in [0.1, 0.15) is 5.56 Å². The van der Waals surface area contributed by atoms with Gasteiger partial charge >= 0.3 is 6.09 Å². The van der Waals surface area contributed by atoms with E-state index in [0.717, 1.165) is 16.6 Å². The van der Waals surface area contributed by atoms with Crippen molar-refractivity contribution in [2.45, 2.75) is 6.42 Å². The van der Waals surface area contributed by atoms with Gasteiger partial charge in [-0.15, -0.1) is 0 Å². The predicted octanol–water partition coefficient (Wildman–Crippen LogP) is 1.38. The molecule has 0 aliphatic heterocycles. The molecule has 0 radical (unpaired) electrons. The zero-order valence-electron chi connectivity index (χ0n) is 8.97. The quantitative estimate of drug-likeness (QED) is 0.819. The largest absolute Gasteiger partial charge is 0.465 e. The van der Waals surface area contributed by atoms with E-state index >= 15 is 0 Å². The molecule has 1 heterocycles. The van der Waals surface area contributed by atoms with Gasteiger partial charge in [0.1, 0.15) is 0 Å². The van der Waals surface area contributed by atoms with Crippen molar-refractivity contribution in [1.29, 1.82) is 0 Å². The van der Waals surface area contributed by atoms with E-state index in [0.29, 0.717) is 13.0 Å². The number of rotatable bonds is 3. The first-order valence-corrected chi connectivity index (χ1v) is 5.03. The van der Waals surface area contributed by atoms with E-state index in [2.05, 4.69) is 10.3 Å². The van der Waals surface area contributed by atoms with Crippen LogP contribution in [0.25, 0.3) is 11.0 Å². The van der Waals surface area contributed by atoms with Crippen LogP contribution < -0.4 is 5.32 Å². The van der Waals surface area contributed by atoms with Gasteiger partial charge in [-0.2, -0.15) is 0 Å². The van der Waals surface area contributed by atoms with Crippen molar-refractivity contribution in [3.63, 3.8) is 0 Å². The molecule has 84 valence electrons. The van der Waals surface area contributed by atoms with Gasteiger partial charge in [-0.25, -0.2) is 9.78 Å². The van der Waals surface area contributed by atoms with Crippen LogP contribution in [0.3, 0.4) is 0 Å². The molecule has 0 spiro atoms. The van der Waals surface area contributed by atoms with Gasteiger partial charge in [0.15, 0.2) is 0 Å². The Hall–Kier alpha value is -2.04. The number of hydrogen-bond donors (Lipinski definition) is 2. The smallest absolute Gasteiger partial charge is 0.404 e. The molecule has 0 saturated carbocycles. The number of carboxylic acid groups (broad SMARTS) is 1. The van der Waals surface area contributed by atoms with E-state index in [1.165, 1.54) is 0 Å². The summed E-state index contributed by atoms with van der Waals surface area (Å²) in [5, 5.41) is 10.8. The monoisotopic (exact) mass is 219 g/mol. The van der Waals surface area contributed by atoms with Crippen LogP contribution in [0.4, 0.5) is 4.79 Å². The van der Waals surface area contributed by atoms with Crippen molar-refractivity contribution in [2.24, 2.45) is 7.05 Å². The van der Waals surface area contributed by atoms with Crippen molar-refractivity contribution < 1.29 is 9.90 Å². The molecule has 2 rings (SSSR count). The number of nitrogens with zero attached hydrogens (tertiary/aromatic N) is 2. The summed E-state index contributed by atoms with van der Waals surface area (Å²) in [7, 11) is 1.95. The first-order chi connectivity index (χ1) is 7.66. The Bertz CT molecular complexity index is 519. The molecule has 1 aromatic carbocycles. The average Bonchev–Trinajstić information content (AvgIpc) is 2.60. The van der Waals surface area contributed by atoms with E-state index < -0.39 is 6.09 Å². The van der Waals surface area contributed by atoms with Gasteiger partial charge in [-0.05, 0) is 24.1 Å². The summed E-state index contributed by atoms with van der Waals surface area (Å²) >= 11 is 0. The second kappa shape index (κ2) is 4.22. The second-order valence-corrected chi connectivity index (χ2v) is 3.66. The van der Waals surface area contributed by atoms with Crippen molar-refractivity contribution in [3.05, 3.63) is 30.1 Å². The first kappa shape index (κ1) is 10.5. The maximum atomic E-state index is 10.3. The number of amides is 1. The summed E-state index contributed by atoms with van der Waals surface area (Å²) < 4.78 is 1.95. The highest BCUT2D eigenvalue weighted by atomic mass is 16.4.